The van der Waals surface area contributed by atoms with Crippen molar-refractivity contribution in [3.63, 3.8) is 0 Å². The van der Waals surface area contributed by atoms with E-state index >= 15 is 0 Å². The van der Waals surface area contributed by atoms with Crippen molar-refractivity contribution >= 4 is 17.5 Å². The summed E-state index contributed by atoms with van der Waals surface area (Å²) in [5, 5.41) is 0.614. The SMILES string of the molecule is O=C(c1cccc(C(F)(F)F)c1)N1CCn2c(C#Cc3cccc(Cl)c3)ccc2C1. The van der Waals surface area contributed by atoms with Crippen LogP contribution in [-0.2, 0) is 19.3 Å². The highest BCUT2D eigenvalue weighted by Gasteiger charge is 2.31. The van der Waals surface area contributed by atoms with Gasteiger partial charge in [0, 0.05) is 34.9 Å². The van der Waals surface area contributed by atoms with Gasteiger partial charge >= 0.3 is 6.18 Å². The Morgan fingerprint density at radius 3 is 2.53 bits per heavy atom. The maximum atomic E-state index is 12.9. The van der Waals surface area contributed by atoms with E-state index in [1.54, 1.807) is 17.0 Å². The summed E-state index contributed by atoms with van der Waals surface area (Å²) in [5.74, 6) is 5.78. The first-order valence-corrected chi connectivity index (χ1v) is 9.61. The van der Waals surface area contributed by atoms with Gasteiger partial charge in [-0.2, -0.15) is 13.2 Å². The number of amides is 1. The number of carbonyl (C=O) groups is 1. The van der Waals surface area contributed by atoms with Gasteiger partial charge in [-0.3, -0.25) is 4.79 Å². The lowest BCUT2D eigenvalue weighted by Crippen LogP contribution is -2.38. The molecule has 0 atom stereocenters. The van der Waals surface area contributed by atoms with Crippen LogP contribution in [0.25, 0.3) is 0 Å². The second-order valence-corrected chi connectivity index (χ2v) is 7.36. The number of benzene rings is 2. The molecule has 1 aliphatic rings. The highest BCUT2D eigenvalue weighted by Crippen LogP contribution is 2.30. The van der Waals surface area contributed by atoms with Gasteiger partial charge in [-0.15, -0.1) is 0 Å². The number of alkyl halides is 3. The fourth-order valence-corrected chi connectivity index (χ4v) is 3.59. The maximum Gasteiger partial charge on any atom is 0.416 e. The molecular weight excluding hydrogens is 413 g/mol. The fraction of sp³-hybridized carbons (Fsp3) is 0.174. The van der Waals surface area contributed by atoms with Crippen LogP contribution in [0.4, 0.5) is 13.2 Å². The second-order valence-electron chi connectivity index (χ2n) is 6.93. The molecule has 7 heteroatoms. The normalized spacial score (nSPS) is 13.4. The van der Waals surface area contributed by atoms with Crippen molar-refractivity contribution in [3.05, 3.63) is 93.8 Å². The lowest BCUT2D eigenvalue weighted by atomic mass is 10.1. The van der Waals surface area contributed by atoms with E-state index in [4.69, 9.17) is 11.6 Å². The molecule has 1 amide bonds. The fourth-order valence-electron chi connectivity index (χ4n) is 3.40. The van der Waals surface area contributed by atoms with Gasteiger partial charge in [0.2, 0.25) is 0 Å². The topological polar surface area (TPSA) is 25.2 Å². The van der Waals surface area contributed by atoms with Gasteiger partial charge in [0.15, 0.2) is 0 Å². The van der Waals surface area contributed by atoms with Crippen molar-refractivity contribution in [2.24, 2.45) is 0 Å². The Hall–Kier alpha value is -3.17. The number of hydrogen-bond donors (Lipinski definition) is 0. The summed E-state index contributed by atoms with van der Waals surface area (Å²) in [4.78, 5) is 14.3. The van der Waals surface area contributed by atoms with E-state index in [9.17, 15) is 18.0 Å². The second kappa shape index (κ2) is 7.92. The summed E-state index contributed by atoms with van der Waals surface area (Å²) in [6.07, 6.45) is -4.48. The Morgan fingerprint density at radius 1 is 0.967 bits per heavy atom. The molecule has 0 unspecified atom stereocenters. The Bertz CT molecular complexity index is 1170. The molecule has 3 nitrogen and oxygen atoms in total. The third kappa shape index (κ3) is 4.22. The summed E-state index contributed by atoms with van der Waals surface area (Å²) in [6.45, 7) is 1.23. The summed E-state index contributed by atoms with van der Waals surface area (Å²) in [5.41, 5.74) is 1.71. The Morgan fingerprint density at radius 2 is 1.77 bits per heavy atom. The lowest BCUT2D eigenvalue weighted by molar-refractivity contribution is -0.137. The van der Waals surface area contributed by atoms with Gasteiger partial charge in [-0.25, -0.2) is 0 Å². The van der Waals surface area contributed by atoms with Crippen LogP contribution in [0.15, 0.2) is 60.7 Å². The van der Waals surface area contributed by atoms with E-state index in [2.05, 4.69) is 11.8 Å². The van der Waals surface area contributed by atoms with Gasteiger partial charge in [0.05, 0.1) is 17.8 Å². The first-order chi connectivity index (χ1) is 14.3. The molecule has 0 fully saturated rings. The van der Waals surface area contributed by atoms with Gasteiger partial charge < -0.3 is 9.47 Å². The van der Waals surface area contributed by atoms with Crippen molar-refractivity contribution in [1.29, 1.82) is 0 Å². The average molecular weight is 429 g/mol. The molecular formula is C23H16ClF3N2O. The zero-order valence-electron chi connectivity index (χ0n) is 15.7. The molecule has 4 rings (SSSR count). The molecule has 30 heavy (non-hydrogen) atoms. The smallest absolute Gasteiger partial charge is 0.335 e. The van der Waals surface area contributed by atoms with E-state index in [-0.39, 0.29) is 5.56 Å². The lowest BCUT2D eigenvalue weighted by Gasteiger charge is -2.29. The standard InChI is InChI=1S/C23H16ClF3N2O/c24-19-6-1-3-16(13-19)7-8-20-9-10-21-15-28(11-12-29(20)21)22(30)17-4-2-5-18(14-17)23(25,26)27/h1-6,9-10,13-14H,11-12,15H2. The maximum absolute atomic E-state index is 12.9. The van der Waals surface area contributed by atoms with Crippen LogP contribution < -0.4 is 0 Å². The zero-order chi connectivity index (χ0) is 21.3. The van der Waals surface area contributed by atoms with Gasteiger partial charge in [0.1, 0.15) is 0 Å². The summed E-state index contributed by atoms with van der Waals surface area (Å²) in [7, 11) is 0. The third-order valence-electron chi connectivity index (χ3n) is 4.90. The number of aromatic nitrogens is 1. The van der Waals surface area contributed by atoms with Gasteiger partial charge in [-0.05, 0) is 54.5 Å². The molecule has 152 valence electrons. The molecule has 0 bridgehead atoms. The van der Waals surface area contributed by atoms with Crippen molar-refractivity contribution in [3.8, 4) is 11.8 Å². The Balaban J connectivity index is 1.52. The quantitative estimate of drug-likeness (QED) is 0.488. The van der Waals surface area contributed by atoms with Crippen molar-refractivity contribution < 1.29 is 18.0 Å². The van der Waals surface area contributed by atoms with Gasteiger partial charge in [-0.1, -0.05) is 29.7 Å². The predicted octanol–water partition coefficient (Wildman–Crippen LogP) is 5.22. The molecule has 0 spiro atoms. The average Bonchev–Trinajstić information content (AvgIpc) is 3.13. The number of fused-ring (bicyclic) bond motifs is 1. The number of nitrogens with zero attached hydrogens (tertiary/aromatic N) is 2. The van der Waals surface area contributed by atoms with Crippen LogP contribution in [0.1, 0.15) is 32.9 Å². The number of carbonyl (C=O) groups excluding carboxylic acids is 1. The first kappa shape index (κ1) is 20.1. The predicted molar refractivity (Wildman–Crippen MR) is 108 cm³/mol. The minimum Gasteiger partial charge on any atom is -0.335 e. The third-order valence-corrected chi connectivity index (χ3v) is 5.14. The summed E-state index contributed by atoms with van der Waals surface area (Å²) in [6, 6.07) is 15.6. The van der Waals surface area contributed by atoms with Crippen molar-refractivity contribution in [2.75, 3.05) is 6.54 Å². The van der Waals surface area contributed by atoms with E-state index in [1.807, 2.05) is 28.8 Å². The van der Waals surface area contributed by atoms with Crippen LogP contribution in [0.5, 0.6) is 0 Å². The van der Waals surface area contributed by atoms with Crippen LogP contribution >= 0.6 is 11.6 Å². The largest absolute Gasteiger partial charge is 0.416 e. The van der Waals surface area contributed by atoms with E-state index in [0.29, 0.717) is 24.7 Å². The number of hydrogen-bond acceptors (Lipinski definition) is 1. The minimum atomic E-state index is -4.48. The van der Waals surface area contributed by atoms with Crippen molar-refractivity contribution in [2.45, 2.75) is 19.3 Å². The first-order valence-electron chi connectivity index (χ1n) is 9.24. The highest BCUT2D eigenvalue weighted by molar-refractivity contribution is 6.30. The highest BCUT2D eigenvalue weighted by atomic mass is 35.5. The Labute approximate surface area is 176 Å². The van der Waals surface area contributed by atoms with E-state index in [0.717, 1.165) is 29.1 Å². The molecule has 0 N–H and O–H groups in total. The summed E-state index contributed by atoms with van der Waals surface area (Å²) >= 11 is 5.98. The van der Waals surface area contributed by atoms with Crippen LogP contribution in [0, 0.1) is 11.8 Å². The molecule has 0 radical (unpaired) electrons. The summed E-state index contributed by atoms with van der Waals surface area (Å²) < 4.78 is 40.8. The van der Waals surface area contributed by atoms with E-state index < -0.39 is 17.6 Å². The van der Waals surface area contributed by atoms with Gasteiger partial charge in [0.25, 0.3) is 5.91 Å². The molecule has 1 aromatic heterocycles. The van der Waals surface area contributed by atoms with Crippen LogP contribution in [-0.4, -0.2) is 21.9 Å². The van der Waals surface area contributed by atoms with Crippen molar-refractivity contribution in [1.82, 2.24) is 9.47 Å². The number of rotatable bonds is 1. The molecule has 0 saturated heterocycles. The zero-order valence-corrected chi connectivity index (χ0v) is 16.5. The molecule has 2 heterocycles. The van der Waals surface area contributed by atoms with Crippen LogP contribution in [0.2, 0.25) is 5.02 Å². The monoisotopic (exact) mass is 428 g/mol. The Kier molecular flexibility index (Phi) is 5.31. The number of halogens is 4. The minimum absolute atomic E-state index is 0.0332. The van der Waals surface area contributed by atoms with Crippen LogP contribution in [0.3, 0.4) is 0 Å². The molecule has 1 aliphatic heterocycles. The molecule has 0 aliphatic carbocycles. The van der Waals surface area contributed by atoms with E-state index in [1.165, 1.54) is 12.1 Å². The molecule has 2 aromatic carbocycles. The molecule has 3 aromatic rings. The molecule has 0 saturated carbocycles.